The monoisotopic (exact) mass is 437 g/mol. The number of para-hydroxylation sites is 1. The molecule has 32 heavy (non-hydrogen) atoms. The lowest BCUT2D eigenvalue weighted by molar-refractivity contribution is 0.0648. The fraction of sp³-hybridized carbons (Fsp3) is 0.400. The average molecular weight is 438 g/mol. The van der Waals surface area contributed by atoms with Gasteiger partial charge in [-0.15, -0.1) is 0 Å². The molecule has 6 nitrogen and oxygen atoms in total. The van der Waals surface area contributed by atoms with E-state index < -0.39 is 0 Å². The van der Waals surface area contributed by atoms with E-state index in [1.54, 1.807) is 23.9 Å². The third-order valence-corrected chi connectivity index (χ3v) is 6.98. The van der Waals surface area contributed by atoms with Crippen molar-refractivity contribution in [3.8, 4) is 5.75 Å². The lowest BCUT2D eigenvalue weighted by Gasteiger charge is -2.38. The molecular formula is C25H28FN3O3. The van der Waals surface area contributed by atoms with Gasteiger partial charge in [0.2, 0.25) is 0 Å². The molecule has 168 valence electrons. The van der Waals surface area contributed by atoms with E-state index in [1.807, 2.05) is 23.1 Å². The molecule has 2 aliphatic rings. The predicted molar refractivity (Wildman–Crippen MR) is 120 cm³/mol. The fourth-order valence-electron chi connectivity index (χ4n) is 5.11. The third-order valence-electron chi connectivity index (χ3n) is 6.98. The number of carbonyl (C=O) groups is 1. The standard InChI is InChI=1S/C25H28FN3O3/c1-31-12-11-29-15-19(18-3-2-4-21(26)23(18)29)24(30)28-9-7-25(8-10-28)16-32-22-6-5-17(14-27)13-20(22)25/h2-6,13,15H,7-12,14,16,27H2,1H3. The lowest BCUT2D eigenvalue weighted by Crippen LogP contribution is -2.46. The van der Waals surface area contributed by atoms with Gasteiger partial charge in [-0.2, -0.15) is 0 Å². The summed E-state index contributed by atoms with van der Waals surface area (Å²) < 4.78 is 27.5. The summed E-state index contributed by atoms with van der Waals surface area (Å²) in [6.45, 7) is 3.34. The van der Waals surface area contributed by atoms with Crippen molar-refractivity contribution in [1.29, 1.82) is 0 Å². The van der Waals surface area contributed by atoms with E-state index >= 15 is 0 Å². The molecule has 0 atom stereocenters. The lowest BCUT2D eigenvalue weighted by atomic mass is 9.74. The number of ether oxygens (including phenoxy) is 2. The number of piperidine rings is 1. The Morgan fingerprint density at radius 2 is 2.06 bits per heavy atom. The highest BCUT2D eigenvalue weighted by atomic mass is 19.1. The first-order chi connectivity index (χ1) is 15.6. The van der Waals surface area contributed by atoms with Gasteiger partial charge in [0.15, 0.2) is 0 Å². The number of carbonyl (C=O) groups excluding carboxylic acids is 1. The Bertz CT molecular complexity index is 1160. The predicted octanol–water partition coefficient (Wildman–Crippen LogP) is 3.45. The van der Waals surface area contributed by atoms with Crippen LogP contribution in [0.5, 0.6) is 5.75 Å². The van der Waals surface area contributed by atoms with Crippen molar-refractivity contribution >= 4 is 16.8 Å². The van der Waals surface area contributed by atoms with Crippen LogP contribution in [0.25, 0.3) is 10.9 Å². The van der Waals surface area contributed by atoms with Crippen LogP contribution in [0.15, 0.2) is 42.6 Å². The number of halogens is 1. The summed E-state index contributed by atoms with van der Waals surface area (Å²) in [5.74, 6) is 0.547. The molecule has 1 spiro atoms. The van der Waals surface area contributed by atoms with Crippen LogP contribution in [0.1, 0.15) is 34.3 Å². The van der Waals surface area contributed by atoms with Crippen LogP contribution in [0.4, 0.5) is 4.39 Å². The largest absolute Gasteiger partial charge is 0.492 e. The number of nitrogens with two attached hydrogens (primary N) is 1. The molecule has 3 heterocycles. The Labute approximate surface area is 186 Å². The summed E-state index contributed by atoms with van der Waals surface area (Å²) in [6.07, 6.45) is 3.42. The molecule has 2 aliphatic heterocycles. The van der Waals surface area contributed by atoms with Gasteiger partial charge < -0.3 is 24.7 Å². The van der Waals surface area contributed by atoms with Gasteiger partial charge in [0.25, 0.3) is 5.91 Å². The zero-order chi connectivity index (χ0) is 22.3. The fourth-order valence-corrected chi connectivity index (χ4v) is 5.11. The van der Waals surface area contributed by atoms with Crippen LogP contribution < -0.4 is 10.5 Å². The van der Waals surface area contributed by atoms with Crippen molar-refractivity contribution < 1.29 is 18.7 Å². The normalized spacial score (nSPS) is 17.0. The van der Waals surface area contributed by atoms with Gasteiger partial charge in [-0.05, 0) is 30.5 Å². The smallest absolute Gasteiger partial charge is 0.256 e. The first-order valence-electron chi connectivity index (χ1n) is 11.1. The number of rotatable bonds is 5. The zero-order valence-corrected chi connectivity index (χ0v) is 18.3. The number of hydrogen-bond acceptors (Lipinski definition) is 4. The summed E-state index contributed by atoms with van der Waals surface area (Å²) in [6, 6.07) is 11.1. The molecule has 5 rings (SSSR count). The van der Waals surface area contributed by atoms with Crippen LogP contribution in [-0.2, 0) is 23.2 Å². The highest BCUT2D eigenvalue weighted by molar-refractivity contribution is 6.07. The molecule has 0 saturated carbocycles. The summed E-state index contributed by atoms with van der Waals surface area (Å²) in [7, 11) is 1.61. The number of hydrogen-bond donors (Lipinski definition) is 1. The second-order valence-corrected chi connectivity index (χ2v) is 8.76. The Hall–Kier alpha value is -2.90. The Morgan fingerprint density at radius 3 is 2.81 bits per heavy atom. The summed E-state index contributed by atoms with van der Waals surface area (Å²) >= 11 is 0. The number of aromatic nitrogens is 1. The number of benzene rings is 2. The molecule has 1 amide bonds. The van der Waals surface area contributed by atoms with E-state index in [0.29, 0.717) is 55.9 Å². The minimum atomic E-state index is -0.328. The number of likely N-dealkylation sites (tertiary alicyclic amines) is 1. The van der Waals surface area contributed by atoms with E-state index in [9.17, 15) is 9.18 Å². The molecule has 0 aliphatic carbocycles. The number of amides is 1. The van der Waals surface area contributed by atoms with Crippen LogP contribution in [0, 0.1) is 5.82 Å². The van der Waals surface area contributed by atoms with Gasteiger partial charge in [0, 0.05) is 55.9 Å². The van der Waals surface area contributed by atoms with E-state index in [2.05, 4.69) is 6.07 Å². The van der Waals surface area contributed by atoms with Gasteiger partial charge in [0.1, 0.15) is 11.6 Å². The second kappa shape index (κ2) is 8.22. The van der Waals surface area contributed by atoms with Crippen molar-refractivity contribution in [2.75, 3.05) is 33.4 Å². The molecule has 0 radical (unpaired) electrons. The highest BCUT2D eigenvalue weighted by Gasteiger charge is 2.44. The van der Waals surface area contributed by atoms with Crippen LogP contribution in [0.3, 0.4) is 0 Å². The minimum absolute atomic E-state index is 0.0542. The van der Waals surface area contributed by atoms with Crippen molar-refractivity contribution in [2.24, 2.45) is 5.73 Å². The molecule has 7 heteroatoms. The third kappa shape index (κ3) is 3.36. The quantitative estimate of drug-likeness (QED) is 0.664. The maximum atomic E-state index is 14.6. The van der Waals surface area contributed by atoms with Crippen molar-refractivity contribution in [3.05, 3.63) is 65.1 Å². The van der Waals surface area contributed by atoms with Crippen molar-refractivity contribution in [3.63, 3.8) is 0 Å². The average Bonchev–Trinajstić information content (AvgIpc) is 3.37. The molecular weight excluding hydrogens is 409 g/mol. The first-order valence-corrected chi connectivity index (χ1v) is 11.1. The SMILES string of the molecule is COCCn1cc(C(=O)N2CCC3(CC2)COc2ccc(CN)cc23)c2cccc(F)c21. The maximum Gasteiger partial charge on any atom is 0.256 e. The minimum Gasteiger partial charge on any atom is -0.492 e. The molecule has 1 aromatic heterocycles. The summed E-state index contributed by atoms with van der Waals surface area (Å²) in [4.78, 5) is 15.4. The molecule has 2 N–H and O–H groups in total. The van der Waals surface area contributed by atoms with Gasteiger partial charge in [0.05, 0.1) is 24.3 Å². The van der Waals surface area contributed by atoms with Gasteiger partial charge in [-0.1, -0.05) is 24.3 Å². The molecule has 2 aromatic carbocycles. The Balaban J connectivity index is 1.39. The molecule has 0 bridgehead atoms. The maximum absolute atomic E-state index is 14.6. The summed E-state index contributed by atoms with van der Waals surface area (Å²) in [5.41, 5.74) is 9.08. The van der Waals surface area contributed by atoms with Gasteiger partial charge >= 0.3 is 0 Å². The van der Waals surface area contributed by atoms with Crippen LogP contribution in [0.2, 0.25) is 0 Å². The van der Waals surface area contributed by atoms with E-state index in [-0.39, 0.29) is 17.1 Å². The molecule has 0 unspecified atom stereocenters. The Kier molecular flexibility index (Phi) is 5.39. The highest BCUT2D eigenvalue weighted by Crippen LogP contribution is 2.46. The van der Waals surface area contributed by atoms with Gasteiger partial charge in [-0.25, -0.2) is 4.39 Å². The van der Waals surface area contributed by atoms with E-state index in [1.165, 1.54) is 11.6 Å². The number of methoxy groups -OCH3 is 1. The number of fused-ring (bicyclic) bond motifs is 3. The van der Waals surface area contributed by atoms with Crippen molar-refractivity contribution in [1.82, 2.24) is 9.47 Å². The first kappa shape index (κ1) is 21.0. The second-order valence-electron chi connectivity index (χ2n) is 8.76. The van der Waals surface area contributed by atoms with Crippen LogP contribution >= 0.6 is 0 Å². The zero-order valence-electron chi connectivity index (χ0n) is 18.3. The molecule has 3 aromatic rings. The number of nitrogens with zero attached hydrogens (tertiary/aromatic N) is 2. The topological polar surface area (TPSA) is 69.7 Å². The van der Waals surface area contributed by atoms with E-state index in [4.69, 9.17) is 15.2 Å². The van der Waals surface area contributed by atoms with Crippen LogP contribution in [-0.4, -0.2) is 48.8 Å². The van der Waals surface area contributed by atoms with Gasteiger partial charge in [-0.3, -0.25) is 4.79 Å². The molecule has 1 fully saturated rings. The van der Waals surface area contributed by atoms with Crippen molar-refractivity contribution in [2.45, 2.75) is 31.3 Å². The Morgan fingerprint density at radius 1 is 1.25 bits per heavy atom. The van der Waals surface area contributed by atoms with E-state index in [0.717, 1.165) is 24.2 Å². The summed E-state index contributed by atoms with van der Waals surface area (Å²) in [5, 5.41) is 0.647. The molecule has 1 saturated heterocycles.